The molecule has 0 aliphatic carbocycles. The molecule has 0 aliphatic rings. The van der Waals surface area contributed by atoms with Crippen LogP contribution in [0.25, 0.3) is 0 Å². The van der Waals surface area contributed by atoms with E-state index in [2.05, 4.69) is 0 Å². The Morgan fingerprint density at radius 1 is 0.562 bits per heavy atom. The quantitative estimate of drug-likeness (QED) is 0.332. The number of benzene rings is 2. The Bertz CT molecular complexity index is 935. The Kier molecular flexibility index (Phi) is 8.70. The van der Waals surface area contributed by atoms with Crippen LogP contribution in [-0.4, -0.2) is 66.1 Å². The number of ether oxygens (including phenoxy) is 7. The zero-order valence-electron chi connectivity index (χ0n) is 18.4. The second kappa shape index (κ2) is 11.4. The first-order chi connectivity index (χ1) is 15.4. The maximum atomic E-state index is 12.1. The first kappa shape index (κ1) is 24.3. The second-order valence-corrected chi connectivity index (χ2v) is 6.16. The van der Waals surface area contributed by atoms with Gasteiger partial charge in [0.05, 0.1) is 35.5 Å². The SMILES string of the molecule is COc1cc(OC)cc(OCC(=O)C(=O)C(=O)COc2cc(OC)c(OC)c(OC)c2)c1. The van der Waals surface area contributed by atoms with Crippen molar-refractivity contribution in [2.45, 2.75) is 0 Å². The summed E-state index contributed by atoms with van der Waals surface area (Å²) in [5, 5.41) is 0. The molecule has 0 unspecified atom stereocenters. The molecule has 0 saturated carbocycles. The molecule has 0 N–H and O–H groups in total. The third kappa shape index (κ3) is 6.03. The van der Waals surface area contributed by atoms with Gasteiger partial charge in [0, 0.05) is 30.3 Å². The summed E-state index contributed by atoms with van der Waals surface area (Å²) in [7, 11) is 7.21. The van der Waals surface area contributed by atoms with Gasteiger partial charge in [-0.05, 0) is 0 Å². The normalized spacial score (nSPS) is 10.0. The van der Waals surface area contributed by atoms with Gasteiger partial charge in [-0.1, -0.05) is 0 Å². The molecule has 10 heteroatoms. The molecule has 0 radical (unpaired) electrons. The topological polar surface area (TPSA) is 116 Å². The van der Waals surface area contributed by atoms with Crippen LogP contribution in [0.5, 0.6) is 40.2 Å². The van der Waals surface area contributed by atoms with Crippen LogP contribution in [0, 0.1) is 0 Å². The van der Waals surface area contributed by atoms with Crippen LogP contribution in [-0.2, 0) is 14.4 Å². The summed E-state index contributed by atoms with van der Waals surface area (Å²) in [5.74, 6) is -1.05. The van der Waals surface area contributed by atoms with Crippen LogP contribution in [0.15, 0.2) is 30.3 Å². The third-order valence-electron chi connectivity index (χ3n) is 4.21. The number of ketones is 3. The summed E-state index contributed by atoms with van der Waals surface area (Å²) >= 11 is 0. The van der Waals surface area contributed by atoms with Crippen molar-refractivity contribution in [3.63, 3.8) is 0 Å². The van der Waals surface area contributed by atoms with Gasteiger partial charge in [0.1, 0.15) is 23.0 Å². The van der Waals surface area contributed by atoms with E-state index >= 15 is 0 Å². The summed E-state index contributed by atoms with van der Waals surface area (Å²) in [6.07, 6.45) is 0. The molecule has 0 bridgehead atoms. The Labute approximate surface area is 184 Å². The predicted octanol–water partition coefficient (Wildman–Crippen LogP) is 1.89. The minimum Gasteiger partial charge on any atom is -0.496 e. The third-order valence-corrected chi connectivity index (χ3v) is 4.21. The highest BCUT2D eigenvalue weighted by Crippen LogP contribution is 2.40. The molecule has 0 fully saturated rings. The molecular weight excluding hydrogens is 424 g/mol. The first-order valence-electron chi connectivity index (χ1n) is 9.25. The Morgan fingerprint density at radius 2 is 0.969 bits per heavy atom. The number of hydrogen-bond donors (Lipinski definition) is 0. The van der Waals surface area contributed by atoms with Crippen molar-refractivity contribution in [3.8, 4) is 40.2 Å². The molecule has 0 aliphatic heterocycles. The van der Waals surface area contributed by atoms with Crippen LogP contribution in [0.4, 0.5) is 0 Å². The Hall–Kier alpha value is -3.95. The molecule has 0 atom stereocenters. The largest absolute Gasteiger partial charge is 0.496 e. The first-order valence-corrected chi connectivity index (χ1v) is 9.25. The van der Waals surface area contributed by atoms with Gasteiger partial charge in [0.15, 0.2) is 24.7 Å². The minimum absolute atomic E-state index is 0.188. The zero-order valence-corrected chi connectivity index (χ0v) is 18.4. The number of Topliss-reactive ketones (excluding diaryl/α,β-unsaturated/α-hetero) is 3. The van der Waals surface area contributed by atoms with Crippen LogP contribution < -0.4 is 33.2 Å². The summed E-state index contributed by atoms with van der Waals surface area (Å²) in [6.45, 7) is -1.29. The zero-order chi connectivity index (χ0) is 23.7. The summed E-state index contributed by atoms with van der Waals surface area (Å²) in [5.41, 5.74) is 0. The fourth-order valence-corrected chi connectivity index (χ4v) is 2.59. The predicted molar refractivity (Wildman–Crippen MR) is 112 cm³/mol. The van der Waals surface area contributed by atoms with Gasteiger partial charge in [-0.15, -0.1) is 0 Å². The molecule has 2 rings (SSSR count). The monoisotopic (exact) mass is 448 g/mol. The molecule has 0 aromatic heterocycles. The van der Waals surface area contributed by atoms with Gasteiger partial charge < -0.3 is 33.2 Å². The number of hydrogen-bond acceptors (Lipinski definition) is 10. The average molecular weight is 448 g/mol. The number of rotatable bonds is 13. The highest BCUT2D eigenvalue weighted by molar-refractivity contribution is 6.64. The van der Waals surface area contributed by atoms with Gasteiger partial charge in [-0.3, -0.25) is 14.4 Å². The van der Waals surface area contributed by atoms with Gasteiger partial charge in [0.25, 0.3) is 5.78 Å². The van der Waals surface area contributed by atoms with Crippen molar-refractivity contribution in [3.05, 3.63) is 30.3 Å². The minimum atomic E-state index is -1.24. The molecule has 10 nitrogen and oxygen atoms in total. The van der Waals surface area contributed by atoms with Crippen molar-refractivity contribution < 1.29 is 47.5 Å². The lowest BCUT2D eigenvalue weighted by Gasteiger charge is -2.14. The maximum absolute atomic E-state index is 12.1. The standard InChI is InChI=1S/C22H24O10/c1-26-13-6-14(27-2)8-15(7-13)31-11-17(23)21(25)18(24)12-32-16-9-19(28-3)22(30-5)20(10-16)29-4/h6-10H,11-12H2,1-5H3. The van der Waals surface area contributed by atoms with Crippen molar-refractivity contribution in [2.24, 2.45) is 0 Å². The smallest absolute Gasteiger partial charge is 0.271 e. The van der Waals surface area contributed by atoms with E-state index < -0.39 is 30.6 Å². The molecule has 2 aromatic carbocycles. The van der Waals surface area contributed by atoms with E-state index in [-0.39, 0.29) is 11.5 Å². The highest BCUT2D eigenvalue weighted by atomic mass is 16.5. The molecule has 2 aromatic rings. The second-order valence-electron chi connectivity index (χ2n) is 6.16. The van der Waals surface area contributed by atoms with Crippen LogP contribution in [0.2, 0.25) is 0 Å². The van der Waals surface area contributed by atoms with Crippen molar-refractivity contribution in [1.82, 2.24) is 0 Å². The van der Waals surface area contributed by atoms with Crippen LogP contribution in [0.1, 0.15) is 0 Å². The van der Waals surface area contributed by atoms with Crippen LogP contribution in [0.3, 0.4) is 0 Å². The van der Waals surface area contributed by atoms with E-state index in [1.165, 1.54) is 59.8 Å². The van der Waals surface area contributed by atoms with Gasteiger partial charge in [-0.2, -0.15) is 0 Å². The number of carbonyl (C=O) groups excluding carboxylic acids is 3. The van der Waals surface area contributed by atoms with E-state index in [4.69, 9.17) is 33.2 Å². The van der Waals surface area contributed by atoms with Crippen LogP contribution >= 0.6 is 0 Å². The number of methoxy groups -OCH3 is 5. The summed E-state index contributed by atoms with van der Waals surface area (Å²) in [4.78, 5) is 36.3. The fourth-order valence-electron chi connectivity index (χ4n) is 2.59. The Balaban J connectivity index is 1.98. The average Bonchev–Trinajstić information content (AvgIpc) is 2.83. The molecule has 0 saturated heterocycles. The van der Waals surface area contributed by atoms with E-state index in [1.54, 1.807) is 6.07 Å². The van der Waals surface area contributed by atoms with Crippen molar-refractivity contribution in [1.29, 1.82) is 0 Å². The van der Waals surface area contributed by atoms with E-state index in [0.29, 0.717) is 28.7 Å². The summed E-state index contributed by atoms with van der Waals surface area (Å²) < 4.78 is 36.4. The molecule has 0 spiro atoms. The van der Waals surface area contributed by atoms with E-state index in [9.17, 15) is 14.4 Å². The van der Waals surface area contributed by atoms with E-state index in [0.717, 1.165) is 0 Å². The van der Waals surface area contributed by atoms with Gasteiger partial charge in [-0.25, -0.2) is 0 Å². The Morgan fingerprint density at radius 3 is 1.34 bits per heavy atom. The van der Waals surface area contributed by atoms with Gasteiger partial charge >= 0.3 is 0 Å². The van der Waals surface area contributed by atoms with Gasteiger partial charge in [0.2, 0.25) is 17.3 Å². The fraction of sp³-hybridized carbons (Fsp3) is 0.318. The molecular formula is C22H24O10. The van der Waals surface area contributed by atoms with E-state index in [1.807, 2.05) is 0 Å². The highest BCUT2D eigenvalue weighted by Gasteiger charge is 2.24. The molecule has 0 heterocycles. The molecule has 32 heavy (non-hydrogen) atoms. The lowest BCUT2D eigenvalue weighted by atomic mass is 10.2. The maximum Gasteiger partial charge on any atom is 0.271 e. The van der Waals surface area contributed by atoms with Crippen molar-refractivity contribution in [2.75, 3.05) is 48.8 Å². The molecule has 0 amide bonds. The summed E-state index contributed by atoms with van der Waals surface area (Å²) in [6, 6.07) is 7.55. The molecule has 172 valence electrons. The number of carbonyl (C=O) groups is 3. The lowest BCUT2D eigenvalue weighted by molar-refractivity contribution is -0.145. The van der Waals surface area contributed by atoms with Crippen molar-refractivity contribution >= 4 is 17.3 Å². The lowest BCUT2D eigenvalue weighted by Crippen LogP contribution is -2.32.